The van der Waals surface area contributed by atoms with Crippen molar-refractivity contribution in [2.24, 2.45) is 5.92 Å². The number of nitrogens with one attached hydrogen (secondary N) is 1. The lowest BCUT2D eigenvalue weighted by Gasteiger charge is -2.08. The van der Waals surface area contributed by atoms with Gasteiger partial charge in [0.1, 0.15) is 17.3 Å². The van der Waals surface area contributed by atoms with Crippen molar-refractivity contribution in [2.75, 3.05) is 7.05 Å². The molecule has 0 aliphatic rings. The summed E-state index contributed by atoms with van der Waals surface area (Å²) in [5.41, 5.74) is 0.140. The van der Waals surface area contributed by atoms with Gasteiger partial charge in [-0.05, 0) is 12.1 Å². The summed E-state index contributed by atoms with van der Waals surface area (Å²) in [5.74, 6) is -3.73. The predicted molar refractivity (Wildman–Crippen MR) is 82.9 cm³/mol. The number of nitrogens with zero attached hydrogens (tertiary/aromatic N) is 4. The maximum atomic E-state index is 14.0. The van der Waals surface area contributed by atoms with Crippen LogP contribution in [-0.2, 0) is 4.79 Å². The number of hydrogen-bond acceptors (Lipinski definition) is 5. The number of carbonyl (C=O) groups excluding carboxylic acids is 2. The van der Waals surface area contributed by atoms with Crippen molar-refractivity contribution in [1.29, 1.82) is 5.26 Å². The molecular formula is C16H16FN5O2. The molecule has 2 aromatic rings. The van der Waals surface area contributed by atoms with Crippen LogP contribution < -0.4 is 5.32 Å². The molecule has 1 heterocycles. The molecule has 0 saturated heterocycles. The Morgan fingerprint density at radius 1 is 1.33 bits per heavy atom. The molecule has 124 valence electrons. The molecule has 8 heteroatoms. The van der Waals surface area contributed by atoms with Crippen molar-refractivity contribution >= 4 is 11.7 Å². The number of amides is 1. The van der Waals surface area contributed by atoms with E-state index in [9.17, 15) is 14.0 Å². The van der Waals surface area contributed by atoms with E-state index in [4.69, 9.17) is 5.26 Å². The maximum absolute atomic E-state index is 14.0. The Balaban J connectivity index is 2.54. The van der Waals surface area contributed by atoms with Crippen LogP contribution in [0.3, 0.4) is 0 Å². The molecule has 0 aliphatic heterocycles. The van der Waals surface area contributed by atoms with Crippen molar-refractivity contribution in [2.45, 2.75) is 19.8 Å². The second-order valence-electron chi connectivity index (χ2n) is 5.35. The molecule has 0 spiro atoms. The molecule has 0 saturated carbocycles. The zero-order valence-electron chi connectivity index (χ0n) is 13.4. The van der Waals surface area contributed by atoms with E-state index in [0.29, 0.717) is 5.82 Å². The highest BCUT2D eigenvalue weighted by Crippen LogP contribution is 2.20. The van der Waals surface area contributed by atoms with Gasteiger partial charge in [0.25, 0.3) is 0 Å². The van der Waals surface area contributed by atoms with Gasteiger partial charge in [-0.3, -0.25) is 9.59 Å². The van der Waals surface area contributed by atoms with Crippen molar-refractivity contribution in [3.05, 3.63) is 41.7 Å². The molecule has 1 aromatic heterocycles. The number of Topliss-reactive ketones (excluding diaryl/α,β-unsaturated/α-hetero) is 1. The van der Waals surface area contributed by atoms with E-state index in [2.05, 4.69) is 15.4 Å². The average Bonchev–Trinajstić information content (AvgIpc) is 3.01. The Morgan fingerprint density at radius 3 is 2.54 bits per heavy atom. The molecule has 0 unspecified atom stereocenters. The highest BCUT2D eigenvalue weighted by atomic mass is 19.1. The van der Waals surface area contributed by atoms with Crippen LogP contribution in [-0.4, -0.2) is 33.5 Å². The van der Waals surface area contributed by atoms with Gasteiger partial charge in [0, 0.05) is 13.0 Å². The number of aromatic nitrogens is 3. The van der Waals surface area contributed by atoms with E-state index in [0.717, 1.165) is 0 Å². The summed E-state index contributed by atoms with van der Waals surface area (Å²) < 4.78 is 15.3. The maximum Gasteiger partial charge on any atom is 0.245 e. The average molecular weight is 329 g/mol. The van der Waals surface area contributed by atoms with Crippen LogP contribution in [0, 0.1) is 23.1 Å². The topological polar surface area (TPSA) is 101 Å². The number of ketones is 1. The molecule has 0 radical (unpaired) electrons. The number of benzene rings is 1. The molecule has 1 atom stereocenters. The van der Waals surface area contributed by atoms with E-state index in [1.165, 1.54) is 29.9 Å². The summed E-state index contributed by atoms with van der Waals surface area (Å²) in [6, 6.07) is 7.58. The molecule has 0 fully saturated rings. The van der Waals surface area contributed by atoms with Gasteiger partial charge in [-0.2, -0.15) is 5.26 Å². The zero-order valence-corrected chi connectivity index (χ0v) is 13.4. The predicted octanol–water partition coefficient (Wildman–Crippen LogP) is 1.60. The summed E-state index contributed by atoms with van der Waals surface area (Å²) in [5, 5.41) is 15.3. The van der Waals surface area contributed by atoms with Crippen molar-refractivity contribution in [1.82, 2.24) is 20.1 Å². The molecular weight excluding hydrogens is 313 g/mol. The highest BCUT2D eigenvalue weighted by molar-refractivity contribution is 6.10. The Morgan fingerprint density at radius 2 is 2.00 bits per heavy atom. The first-order chi connectivity index (χ1) is 11.4. The van der Waals surface area contributed by atoms with E-state index in [-0.39, 0.29) is 17.4 Å². The highest BCUT2D eigenvalue weighted by Gasteiger charge is 2.31. The first-order valence-corrected chi connectivity index (χ1v) is 7.28. The number of hydrogen-bond donors (Lipinski definition) is 1. The van der Waals surface area contributed by atoms with E-state index < -0.39 is 23.4 Å². The lowest BCUT2D eigenvalue weighted by molar-refractivity contribution is -0.121. The fraction of sp³-hybridized carbons (Fsp3) is 0.312. The van der Waals surface area contributed by atoms with Gasteiger partial charge in [-0.1, -0.05) is 26.0 Å². The van der Waals surface area contributed by atoms with E-state index in [1.54, 1.807) is 12.1 Å². The molecule has 24 heavy (non-hydrogen) atoms. The largest absolute Gasteiger partial charge is 0.358 e. The molecule has 0 bridgehead atoms. The number of carbonyl (C=O) groups is 2. The minimum Gasteiger partial charge on any atom is -0.358 e. The lowest BCUT2D eigenvalue weighted by atomic mass is 10.0. The van der Waals surface area contributed by atoms with Gasteiger partial charge in [-0.15, -0.1) is 5.10 Å². The Hall–Kier alpha value is -3.08. The van der Waals surface area contributed by atoms with Crippen molar-refractivity contribution in [3.8, 4) is 11.8 Å². The summed E-state index contributed by atoms with van der Waals surface area (Å²) >= 11 is 0. The minimum atomic E-state index is -1.55. The van der Waals surface area contributed by atoms with Gasteiger partial charge in [0.15, 0.2) is 5.92 Å². The number of nitriles is 1. The Bertz CT molecular complexity index is 822. The van der Waals surface area contributed by atoms with Gasteiger partial charge in [0.2, 0.25) is 17.5 Å². The minimum absolute atomic E-state index is 0.140. The van der Waals surface area contributed by atoms with Crippen LogP contribution in [0.5, 0.6) is 0 Å². The standard InChI is InChI=1S/C16H16FN5O2/c1-9(2)15-20-14(13(23)10(8-18)16(24)19-3)21-22(15)12-7-5-4-6-11(12)17/h4-7,9-10H,1-3H3,(H,19,24)/t10-/m0/s1. The molecule has 0 aliphatic carbocycles. The van der Waals surface area contributed by atoms with Crippen LogP contribution in [0.15, 0.2) is 24.3 Å². The zero-order chi connectivity index (χ0) is 17.9. The number of para-hydroxylation sites is 1. The summed E-state index contributed by atoms with van der Waals surface area (Å²) in [7, 11) is 1.32. The first kappa shape index (κ1) is 17.3. The lowest BCUT2D eigenvalue weighted by Crippen LogP contribution is -2.32. The normalized spacial score (nSPS) is 11.8. The smallest absolute Gasteiger partial charge is 0.245 e. The Labute approximate surface area is 138 Å². The third-order valence-electron chi connectivity index (χ3n) is 3.35. The molecule has 1 amide bonds. The summed E-state index contributed by atoms with van der Waals surface area (Å²) in [6.07, 6.45) is 0. The SMILES string of the molecule is CNC(=O)[C@@H](C#N)C(=O)c1nc(C(C)C)n(-c2ccccc2F)n1. The third-order valence-corrected chi connectivity index (χ3v) is 3.35. The number of rotatable bonds is 5. The molecule has 7 nitrogen and oxygen atoms in total. The van der Waals surface area contributed by atoms with Gasteiger partial charge < -0.3 is 5.32 Å². The Kier molecular flexibility index (Phi) is 5.04. The van der Waals surface area contributed by atoms with Crippen LogP contribution in [0.4, 0.5) is 4.39 Å². The van der Waals surface area contributed by atoms with E-state index >= 15 is 0 Å². The van der Waals surface area contributed by atoms with Crippen LogP contribution in [0.2, 0.25) is 0 Å². The quantitative estimate of drug-likeness (QED) is 0.663. The molecule has 1 N–H and O–H groups in total. The molecule has 1 aromatic carbocycles. The van der Waals surface area contributed by atoms with E-state index in [1.807, 2.05) is 13.8 Å². The summed E-state index contributed by atoms with van der Waals surface area (Å²) in [4.78, 5) is 28.1. The fourth-order valence-electron chi connectivity index (χ4n) is 2.11. The summed E-state index contributed by atoms with van der Waals surface area (Å²) in [6.45, 7) is 3.63. The third kappa shape index (κ3) is 3.15. The van der Waals surface area contributed by atoms with Crippen LogP contribution in [0.25, 0.3) is 5.69 Å². The second-order valence-corrected chi connectivity index (χ2v) is 5.35. The van der Waals surface area contributed by atoms with Crippen LogP contribution in [0.1, 0.15) is 36.2 Å². The van der Waals surface area contributed by atoms with Gasteiger partial charge >= 0.3 is 0 Å². The first-order valence-electron chi connectivity index (χ1n) is 7.28. The fourth-order valence-corrected chi connectivity index (χ4v) is 2.11. The second kappa shape index (κ2) is 7.00. The molecule has 2 rings (SSSR count). The van der Waals surface area contributed by atoms with Crippen LogP contribution >= 0.6 is 0 Å². The van der Waals surface area contributed by atoms with Gasteiger partial charge in [0.05, 0.1) is 6.07 Å². The van der Waals surface area contributed by atoms with Gasteiger partial charge in [-0.25, -0.2) is 14.1 Å². The van der Waals surface area contributed by atoms with Crippen molar-refractivity contribution < 1.29 is 14.0 Å². The monoisotopic (exact) mass is 329 g/mol. The van der Waals surface area contributed by atoms with Crippen molar-refractivity contribution in [3.63, 3.8) is 0 Å². The number of halogens is 1.